The van der Waals surface area contributed by atoms with Crippen molar-refractivity contribution in [2.45, 2.75) is 0 Å². The Balaban J connectivity index is 3.85. The van der Waals surface area contributed by atoms with Gasteiger partial charge in [0.05, 0.1) is 0 Å². The lowest BCUT2D eigenvalue weighted by molar-refractivity contribution is 0.467. The molecule has 0 amide bonds. The van der Waals surface area contributed by atoms with Gasteiger partial charge in [-0.1, -0.05) is 3.89 Å². The molecule has 38 valence electrons. The molecule has 0 rings (SSSR count). The van der Waals surface area contributed by atoms with E-state index in [0.29, 0.717) is 0 Å². The summed E-state index contributed by atoms with van der Waals surface area (Å²) in [6.45, 7) is 0. The van der Waals surface area contributed by atoms with Crippen molar-refractivity contribution in [3.05, 3.63) is 0 Å². The minimum absolute atomic E-state index is 1.26. The van der Waals surface area contributed by atoms with Gasteiger partial charge < -0.3 is 0 Å². The molecule has 0 aromatic carbocycles. The zero-order valence-corrected chi connectivity index (χ0v) is 4.56. The van der Waals surface area contributed by atoms with Crippen LogP contribution in [0.2, 0.25) is 0 Å². The highest BCUT2D eigenvalue weighted by molar-refractivity contribution is 7.83. The summed E-state index contributed by atoms with van der Waals surface area (Å²) in [6, 6.07) is 0. The zero-order chi connectivity index (χ0) is 5.21. The van der Waals surface area contributed by atoms with Crippen LogP contribution in [-0.4, -0.2) is 8.42 Å². The Labute approximate surface area is 37.2 Å². The van der Waals surface area contributed by atoms with E-state index in [-0.39, 0.29) is 0 Å². The predicted octanol–water partition coefficient (Wildman–Crippen LogP) is 0.00740. The molecular weight excluding hydrogens is 130 g/mol. The Morgan fingerprint density at radius 3 is 1.83 bits per heavy atom. The molecule has 0 aliphatic heterocycles. The molecule has 6 heavy (non-hydrogen) atoms. The summed E-state index contributed by atoms with van der Waals surface area (Å²) in [5, 5.41) is 0. The average molecular weight is 132 g/mol. The molecule has 0 aromatic heterocycles. The molecule has 0 fully saturated rings. The predicted molar refractivity (Wildman–Crippen MR) is 20.8 cm³/mol. The second-order valence-electron chi connectivity index (χ2n) is 0.489. The fourth-order valence-electron chi connectivity index (χ4n) is 0. The van der Waals surface area contributed by atoms with E-state index in [2.05, 4.69) is 3.97 Å². The fourth-order valence-corrected chi connectivity index (χ4v) is 0. The average Bonchev–Trinajstić information content (AvgIpc) is 1.35. The Morgan fingerprint density at radius 1 is 1.67 bits per heavy atom. The van der Waals surface area contributed by atoms with Gasteiger partial charge in [-0.25, -0.2) is 3.97 Å². The van der Waals surface area contributed by atoms with E-state index < -0.39 is 10.5 Å². The van der Waals surface area contributed by atoms with Crippen molar-refractivity contribution < 1.29 is 16.3 Å². The molecule has 1 atom stereocenters. The van der Waals surface area contributed by atoms with Crippen molar-refractivity contribution in [2.75, 3.05) is 0 Å². The maximum atomic E-state index is 10.8. The van der Waals surface area contributed by atoms with Crippen LogP contribution in [0.3, 0.4) is 0 Å². The number of rotatable bonds is 1. The molecule has 0 saturated heterocycles. The van der Waals surface area contributed by atoms with Crippen LogP contribution in [0.4, 0.5) is 3.89 Å². The smallest absolute Gasteiger partial charge is 0.229 e. The third-order valence-corrected chi connectivity index (χ3v) is 1.03. The van der Waals surface area contributed by atoms with Crippen molar-refractivity contribution >= 4 is 20.0 Å². The van der Waals surface area contributed by atoms with Crippen LogP contribution in [0.15, 0.2) is 0 Å². The Kier molecular flexibility index (Phi) is 1.90. The highest BCUT2D eigenvalue weighted by Crippen LogP contribution is 1.97. The molecule has 0 heterocycles. The van der Waals surface area contributed by atoms with Crippen LogP contribution in [-0.2, 0) is 14.5 Å². The standard InChI is InChI=1S/FH2O3PS/c1-6(2,3)4-5/h5H2. The Morgan fingerprint density at radius 2 is 1.83 bits per heavy atom. The van der Waals surface area contributed by atoms with Gasteiger partial charge in [-0.2, -0.15) is 8.42 Å². The normalized spacial score (nSPS) is 11.7. The van der Waals surface area contributed by atoms with E-state index in [0.717, 1.165) is 0 Å². The van der Waals surface area contributed by atoms with Gasteiger partial charge in [-0.15, -0.1) is 0 Å². The van der Waals surface area contributed by atoms with E-state index in [9.17, 15) is 3.89 Å². The number of hydrogen-bond donors (Lipinski definition) is 0. The van der Waals surface area contributed by atoms with Crippen LogP contribution in [0.5, 0.6) is 0 Å². The zero-order valence-electron chi connectivity index (χ0n) is 2.59. The lowest BCUT2D eigenvalue weighted by Crippen LogP contribution is -1.83. The highest BCUT2D eigenvalue weighted by atomic mass is 32.3. The summed E-state index contributed by atoms with van der Waals surface area (Å²) in [5.74, 6) is 0. The maximum absolute atomic E-state index is 10.8. The first-order valence-electron chi connectivity index (χ1n) is 0.890. The van der Waals surface area contributed by atoms with E-state index in [1.165, 1.54) is 9.47 Å². The molecule has 0 aliphatic carbocycles. The summed E-state index contributed by atoms with van der Waals surface area (Å²) in [7, 11) is -3.44. The number of hydrogen-bond acceptors (Lipinski definition) is 3. The first-order valence-corrected chi connectivity index (χ1v) is 2.67. The van der Waals surface area contributed by atoms with Gasteiger partial charge in [0, 0.05) is 9.47 Å². The minimum atomic E-state index is -4.70. The van der Waals surface area contributed by atoms with E-state index in [1.807, 2.05) is 0 Å². The van der Waals surface area contributed by atoms with Gasteiger partial charge >= 0.3 is 10.5 Å². The summed E-state index contributed by atoms with van der Waals surface area (Å²) in [4.78, 5) is 0. The van der Waals surface area contributed by atoms with E-state index >= 15 is 0 Å². The van der Waals surface area contributed by atoms with E-state index in [4.69, 9.17) is 8.42 Å². The van der Waals surface area contributed by atoms with Gasteiger partial charge in [-0.3, -0.25) is 0 Å². The molecule has 0 spiro atoms. The molecule has 0 saturated carbocycles. The lowest BCUT2D eigenvalue weighted by Gasteiger charge is -1.78. The summed E-state index contributed by atoms with van der Waals surface area (Å²) in [6.07, 6.45) is 0. The van der Waals surface area contributed by atoms with Crippen molar-refractivity contribution in [3.8, 4) is 0 Å². The van der Waals surface area contributed by atoms with Gasteiger partial charge in [0.2, 0.25) is 0 Å². The fraction of sp³-hybridized carbons (Fsp3) is 0. The van der Waals surface area contributed by atoms with Crippen molar-refractivity contribution in [3.63, 3.8) is 0 Å². The quantitative estimate of drug-likeness (QED) is 0.372. The van der Waals surface area contributed by atoms with Crippen LogP contribution in [0, 0.1) is 0 Å². The monoisotopic (exact) mass is 132 g/mol. The molecule has 0 radical (unpaired) electrons. The first-order chi connectivity index (χ1) is 2.56. The summed E-state index contributed by atoms with van der Waals surface area (Å²) in [5.41, 5.74) is 0. The van der Waals surface area contributed by atoms with Crippen molar-refractivity contribution in [1.82, 2.24) is 0 Å². The molecule has 0 N–H and O–H groups in total. The van der Waals surface area contributed by atoms with Crippen molar-refractivity contribution in [2.24, 2.45) is 0 Å². The topological polar surface area (TPSA) is 43.4 Å². The second kappa shape index (κ2) is 1.82. The van der Waals surface area contributed by atoms with Gasteiger partial charge in [0.1, 0.15) is 0 Å². The molecule has 0 aromatic rings. The summed E-state index contributed by atoms with van der Waals surface area (Å²) >= 11 is 0. The van der Waals surface area contributed by atoms with Crippen LogP contribution in [0.25, 0.3) is 0 Å². The third-order valence-electron chi connectivity index (χ3n) is 0.115. The van der Waals surface area contributed by atoms with Gasteiger partial charge in [0.15, 0.2) is 0 Å². The highest BCUT2D eigenvalue weighted by Gasteiger charge is 1.98. The van der Waals surface area contributed by atoms with E-state index in [1.54, 1.807) is 0 Å². The molecule has 1 unspecified atom stereocenters. The SMILES string of the molecule is O=S(=O)(F)OP. The molecule has 0 bridgehead atoms. The Bertz CT molecular complexity index is 113. The Hall–Kier alpha value is 0.270. The second-order valence-corrected chi connectivity index (χ2v) is 2.05. The molecular formula is H2FO3PS. The largest absolute Gasteiger partial charge is 0.440 e. The summed E-state index contributed by atoms with van der Waals surface area (Å²) < 4.78 is 32.2. The van der Waals surface area contributed by atoms with Crippen molar-refractivity contribution in [1.29, 1.82) is 0 Å². The molecule has 3 nitrogen and oxygen atoms in total. The lowest BCUT2D eigenvalue weighted by atomic mass is 15.8. The molecule has 0 aliphatic rings. The van der Waals surface area contributed by atoms with Gasteiger partial charge in [-0.05, 0) is 0 Å². The number of halogens is 1. The third kappa shape index (κ3) is 4.27. The molecule has 6 heteroatoms. The maximum Gasteiger partial charge on any atom is 0.440 e. The first kappa shape index (κ1) is 6.27. The van der Waals surface area contributed by atoms with Crippen LogP contribution in [0.1, 0.15) is 0 Å². The van der Waals surface area contributed by atoms with Crippen LogP contribution >= 0.6 is 9.47 Å². The minimum Gasteiger partial charge on any atom is -0.229 e. The van der Waals surface area contributed by atoms with Crippen LogP contribution < -0.4 is 0 Å². The van der Waals surface area contributed by atoms with Gasteiger partial charge in [0.25, 0.3) is 0 Å².